The number of carbonyl (C=O) groups is 1. The number of rotatable bonds is 5. The molecule has 166 valence electrons. The van der Waals surface area contributed by atoms with Crippen molar-refractivity contribution in [3.8, 4) is 5.69 Å². The van der Waals surface area contributed by atoms with Crippen LogP contribution in [0.5, 0.6) is 0 Å². The fourth-order valence-electron chi connectivity index (χ4n) is 3.71. The lowest BCUT2D eigenvalue weighted by molar-refractivity contribution is -0.141. The Hall–Kier alpha value is -3.26. The molecule has 1 N–H and O–H groups in total. The number of amides is 1. The van der Waals surface area contributed by atoms with Gasteiger partial charge in [-0.15, -0.1) is 0 Å². The van der Waals surface area contributed by atoms with Crippen molar-refractivity contribution < 1.29 is 18.0 Å². The highest BCUT2D eigenvalue weighted by molar-refractivity contribution is 6.30. The molecule has 9 heteroatoms. The number of nitrogens with zero attached hydrogens (tertiary/aromatic N) is 3. The maximum Gasteiger partial charge on any atom is 0.435 e. The van der Waals surface area contributed by atoms with E-state index >= 15 is 0 Å². The normalized spacial score (nSPS) is 12.8. The standard InChI is InChI=1S/C23H20ClF3N4O/c1-14(19-13-30(2)20-9-4-3-8-18(19)20)22(32)28-12-17-11-21(23(25,26)27)29-31(17)16-7-5-6-15(24)10-16/h3-11,13-14H,12H2,1-2H3,(H,28,32). The Balaban J connectivity index is 1.60. The van der Waals surface area contributed by atoms with Gasteiger partial charge in [-0.1, -0.05) is 35.9 Å². The van der Waals surface area contributed by atoms with E-state index in [1.165, 1.54) is 6.07 Å². The van der Waals surface area contributed by atoms with E-state index in [4.69, 9.17) is 11.6 Å². The number of fused-ring (bicyclic) bond motifs is 1. The van der Waals surface area contributed by atoms with Gasteiger partial charge in [0.1, 0.15) is 0 Å². The molecular weight excluding hydrogens is 441 g/mol. The third kappa shape index (κ3) is 4.23. The van der Waals surface area contributed by atoms with Gasteiger partial charge in [0.05, 0.1) is 23.8 Å². The lowest BCUT2D eigenvalue weighted by atomic mass is 10.00. The number of carbonyl (C=O) groups excluding carboxylic acids is 1. The Kier molecular flexibility index (Phi) is 5.73. The minimum Gasteiger partial charge on any atom is -0.350 e. The average molecular weight is 461 g/mol. The summed E-state index contributed by atoms with van der Waals surface area (Å²) in [6, 6.07) is 15.0. The smallest absolute Gasteiger partial charge is 0.350 e. The van der Waals surface area contributed by atoms with E-state index in [0.29, 0.717) is 10.7 Å². The molecule has 0 saturated carbocycles. The summed E-state index contributed by atoms with van der Waals surface area (Å²) in [5, 5.41) is 7.77. The van der Waals surface area contributed by atoms with Crippen molar-refractivity contribution in [3.63, 3.8) is 0 Å². The molecule has 5 nitrogen and oxygen atoms in total. The van der Waals surface area contributed by atoms with Gasteiger partial charge in [0.15, 0.2) is 5.69 Å². The third-order valence-corrected chi connectivity index (χ3v) is 5.59. The van der Waals surface area contributed by atoms with Crippen LogP contribution >= 0.6 is 11.6 Å². The largest absolute Gasteiger partial charge is 0.435 e. The molecule has 4 aromatic rings. The molecule has 1 amide bonds. The SMILES string of the molecule is CC(C(=O)NCc1cc(C(F)(F)F)nn1-c1cccc(Cl)c1)c1cn(C)c2ccccc12. The van der Waals surface area contributed by atoms with Crippen LogP contribution in [0.2, 0.25) is 5.02 Å². The van der Waals surface area contributed by atoms with Gasteiger partial charge in [0.25, 0.3) is 0 Å². The maximum atomic E-state index is 13.3. The highest BCUT2D eigenvalue weighted by atomic mass is 35.5. The molecule has 32 heavy (non-hydrogen) atoms. The van der Waals surface area contributed by atoms with Gasteiger partial charge in [0.2, 0.25) is 5.91 Å². The van der Waals surface area contributed by atoms with E-state index in [2.05, 4.69) is 10.4 Å². The van der Waals surface area contributed by atoms with Gasteiger partial charge < -0.3 is 9.88 Å². The summed E-state index contributed by atoms with van der Waals surface area (Å²) >= 11 is 6.00. The first-order valence-electron chi connectivity index (χ1n) is 9.89. The van der Waals surface area contributed by atoms with Crippen molar-refractivity contribution in [2.75, 3.05) is 0 Å². The van der Waals surface area contributed by atoms with Crippen molar-refractivity contribution in [1.29, 1.82) is 0 Å². The van der Waals surface area contributed by atoms with Gasteiger partial charge in [-0.2, -0.15) is 18.3 Å². The monoisotopic (exact) mass is 460 g/mol. The number of alkyl halides is 3. The summed E-state index contributed by atoms with van der Waals surface area (Å²) in [6.07, 6.45) is -2.72. The number of aromatic nitrogens is 3. The van der Waals surface area contributed by atoms with Crippen molar-refractivity contribution >= 4 is 28.4 Å². The molecule has 1 atom stereocenters. The van der Waals surface area contributed by atoms with Crippen molar-refractivity contribution in [1.82, 2.24) is 19.7 Å². The zero-order valence-corrected chi connectivity index (χ0v) is 18.1. The molecule has 0 aliphatic rings. The van der Waals surface area contributed by atoms with Crippen LogP contribution in [0.15, 0.2) is 60.8 Å². The van der Waals surface area contributed by atoms with E-state index in [1.54, 1.807) is 25.1 Å². The van der Waals surface area contributed by atoms with Gasteiger partial charge in [-0.05, 0) is 42.8 Å². The second-order valence-corrected chi connectivity index (χ2v) is 8.00. The van der Waals surface area contributed by atoms with Crippen molar-refractivity contribution in [2.24, 2.45) is 7.05 Å². The summed E-state index contributed by atoms with van der Waals surface area (Å²) in [4.78, 5) is 12.9. The molecule has 0 radical (unpaired) electrons. The molecule has 2 aromatic carbocycles. The Morgan fingerprint density at radius 3 is 2.62 bits per heavy atom. The predicted octanol–water partition coefficient (Wildman–Crippen LogP) is 5.46. The van der Waals surface area contributed by atoms with Crippen LogP contribution in [0.4, 0.5) is 13.2 Å². The number of hydrogen-bond acceptors (Lipinski definition) is 2. The van der Waals surface area contributed by atoms with Crippen LogP contribution in [0.25, 0.3) is 16.6 Å². The first-order valence-corrected chi connectivity index (χ1v) is 10.3. The van der Waals surface area contributed by atoms with E-state index in [1.807, 2.05) is 42.1 Å². The van der Waals surface area contributed by atoms with Gasteiger partial charge in [-0.3, -0.25) is 4.79 Å². The first kappa shape index (κ1) is 22.0. The van der Waals surface area contributed by atoms with Crippen LogP contribution in [0.3, 0.4) is 0 Å². The highest BCUT2D eigenvalue weighted by Crippen LogP contribution is 2.30. The number of benzene rings is 2. The molecule has 2 heterocycles. The Morgan fingerprint density at radius 1 is 1.16 bits per heavy atom. The van der Waals surface area contributed by atoms with E-state index in [-0.39, 0.29) is 18.1 Å². The molecule has 0 fully saturated rings. The molecule has 0 saturated heterocycles. The molecule has 2 aromatic heterocycles. The summed E-state index contributed by atoms with van der Waals surface area (Å²) in [5.41, 5.74) is 1.37. The molecule has 0 spiro atoms. The first-order chi connectivity index (χ1) is 15.1. The average Bonchev–Trinajstić information content (AvgIpc) is 3.33. The van der Waals surface area contributed by atoms with Gasteiger partial charge in [-0.25, -0.2) is 4.68 Å². The van der Waals surface area contributed by atoms with Crippen LogP contribution in [-0.2, 0) is 24.6 Å². The summed E-state index contributed by atoms with van der Waals surface area (Å²) < 4.78 is 42.9. The second-order valence-electron chi connectivity index (χ2n) is 7.56. The number of nitrogens with one attached hydrogen (secondary N) is 1. The minimum absolute atomic E-state index is 0.121. The lowest BCUT2D eigenvalue weighted by Crippen LogP contribution is -2.28. The predicted molar refractivity (Wildman–Crippen MR) is 117 cm³/mol. The summed E-state index contributed by atoms with van der Waals surface area (Å²) in [6.45, 7) is 1.65. The van der Waals surface area contributed by atoms with Crippen LogP contribution in [0.1, 0.15) is 29.8 Å². The molecule has 1 unspecified atom stereocenters. The third-order valence-electron chi connectivity index (χ3n) is 5.36. The fourth-order valence-corrected chi connectivity index (χ4v) is 3.89. The van der Waals surface area contributed by atoms with E-state index < -0.39 is 17.8 Å². The van der Waals surface area contributed by atoms with Crippen LogP contribution in [0, 0.1) is 0 Å². The van der Waals surface area contributed by atoms with Gasteiger partial charge in [0, 0.05) is 29.2 Å². The van der Waals surface area contributed by atoms with Crippen molar-refractivity contribution in [2.45, 2.75) is 25.6 Å². The number of halogens is 4. The van der Waals surface area contributed by atoms with Gasteiger partial charge >= 0.3 is 6.18 Å². The molecule has 0 aliphatic carbocycles. The zero-order chi connectivity index (χ0) is 23.0. The minimum atomic E-state index is -4.61. The molecular formula is C23H20ClF3N4O. The van der Waals surface area contributed by atoms with Crippen LogP contribution < -0.4 is 5.32 Å². The summed E-state index contributed by atoms with van der Waals surface area (Å²) in [7, 11) is 1.90. The quantitative estimate of drug-likeness (QED) is 0.430. The van der Waals surface area contributed by atoms with Crippen LogP contribution in [-0.4, -0.2) is 20.3 Å². The van der Waals surface area contributed by atoms with E-state index in [9.17, 15) is 18.0 Å². The number of aryl methyl sites for hydroxylation is 1. The van der Waals surface area contributed by atoms with E-state index in [0.717, 1.165) is 27.2 Å². The number of para-hydroxylation sites is 1. The molecule has 0 aliphatic heterocycles. The fraction of sp³-hybridized carbons (Fsp3) is 0.217. The highest BCUT2D eigenvalue weighted by Gasteiger charge is 2.35. The number of hydrogen-bond donors (Lipinski definition) is 1. The Bertz CT molecular complexity index is 1290. The van der Waals surface area contributed by atoms with Crippen molar-refractivity contribution in [3.05, 3.63) is 82.8 Å². The topological polar surface area (TPSA) is 51.9 Å². The Morgan fingerprint density at radius 2 is 1.91 bits per heavy atom. The Labute approximate surface area is 187 Å². The lowest BCUT2D eigenvalue weighted by Gasteiger charge is -2.13. The second kappa shape index (κ2) is 8.35. The molecule has 4 rings (SSSR count). The maximum absolute atomic E-state index is 13.3. The zero-order valence-electron chi connectivity index (χ0n) is 17.3. The summed E-state index contributed by atoms with van der Waals surface area (Å²) in [5.74, 6) is -0.792. The molecule has 0 bridgehead atoms.